The second-order valence-electron chi connectivity index (χ2n) is 7.91. The molecule has 1 amide bonds. The average molecular weight is 485 g/mol. The number of rotatable bonds is 3. The molecule has 2 aliphatic rings. The Labute approximate surface area is 181 Å². The topological polar surface area (TPSA) is 50.2 Å². The van der Waals surface area contributed by atoms with E-state index >= 15 is 0 Å². The smallest absolute Gasteiger partial charge is 0.362 e. The normalized spacial score (nSPS) is 24.3. The molecule has 0 spiro atoms. The molecule has 0 saturated carbocycles. The van der Waals surface area contributed by atoms with Crippen LogP contribution in [0.3, 0.4) is 0 Å². The molecule has 1 fully saturated rings. The van der Waals surface area contributed by atoms with Crippen molar-refractivity contribution in [1.82, 2.24) is 14.7 Å². The number of hydrogen-bond acceptors (Lipinski definition) is 3. The first-order chi connectivity index (χ1) is 14.3. The van der Waals surface area contributed by atoms with Crippen molar-refractivity contribution in [2.24, 2.45) is 0 Å². The van der Waals surface area contributed by atoms with E-state index < -0.39 is 18.3 Å². The molecule has 0 bridgehead atoms. The van der Waals surface area contributed by atoms with Crippen molar-refractivity contribution in [2.45, 2.75) is 63.3 Å². The monoisotopic (exact) mass is 484 g/mol. The van der Waals surface area contributed by atoms with E-state index in [1.807, 2.05) is 13.0 Å². The third kappa shape index (κ3) is 3.84. The van der Waals surface area contributed by atoms with Gasteiger partial charge in [-0.1, -0.05) is 37.3 Å². The van der Waals surface area contributed by atoms with E-state index in [4.69, 9.17) is 0 Å². The molecule has 1 N–H and O–H groups in total. The molecule has 3 heterocycles. The minimum atomic E-state index is -4.48. The summed E-state index contributed by atoms with van der Waals surface area (Å²) in [4.78, 5) is 15.0. The third-order valence-electron chi connectivity index (χ3n) is 6.06. The van der Waals surface area contributed by atoms with Gasteiger partial charge >= 0.3 is 6.18 Å². The summed E-state index contributed by atoms with van der Waals surface area (Å²) in [5.74, 6) is -0.111. The molecule has 2 aromatic rings. The predicted molar refractivity (Wildman–Crippen MR) is 111 cm³/mol. The van der Waals surface area contributed by atoms with Gasteiger partial charge < -0.3 is 10.2 Å². The van der Waals surface area contributed by atoms with E-state index in [1.165, 1.54) is 0 Å². The molecule has 0 unspecified atom stereocenters. The quantitative estimate of drug-likeness (QED) is 0.606. The summed E-state index contributed by atoms with van der Waals surface area (Å²) in [5.41, 5.74) is 0.807. The van der Waals surface area contributed by atoms with Crippen molar-refractivity contribution >= 4 is 27.7 Å². The molecule has 9 heteroatoms. The molecule has 1 aromatic heterocycles. The van der Waals surface area contributed by atoms with Crippen LogP contribution in [0.15, 0.2) is 34.8 Å². The van der Waals surface area contributed by atoms with Crippen LogP contribution in [0.2, 0.25) is 0 Å². The van der Waals surface area contributed by atoms with Gasteiger partial charge in [-0.2, -0.15) is 18.3 Å². The Morgan fingerprint density at radius 2 is 2.00 bits per heavy atom. The molecule has 4 rings (SSSR count). The number of carbonyl (C=O) groups excluding carboxylic acids is 1. The lowest BCUT2D eigenvalue weighted by molar-refractivity contribution is -0.173. The summed E-state index contributed by atoms with van der Waals surface area (Å²) in [6, 6.07) is 6.80. The van der Waals surface area contributed by atoms with Crippen LogP contribution in [0.4, 0.5) is 19.0 Å². The summed E-state index contributed by atoms with van der Waals surface area (Å²) in [6.45, 7) is 2.63. The highest BCUT2D eigenvalue weighted by atomic mass is 79.9. The van der Waals surface area contributed by atoms with Gasteiger partial charge in [-0.15, -0.1) is 0 Å². The maximum atomic E-state index is 13.9. The fraction of sp³-hybridized carbons (Fsp3) is 0.524. The van der Waals surface area contributed by atoms with Gasteiger partial charge in [0.25, 0.3) is 5.91 Å². The van der Waals surface area contributed by atoms with E-state index in [0.29, 0.717) is 11.0 Å². The lowest BCUT2D eigenvalue weighted by atomic mass is 9.97. The van der Waals surface area contributed by atoms with Gasteiger partial charge in [0, 0.05) is 19.0 Å². The van der Waals surface area contributed by atoms with Crippen LogP contribution < -0.4 is 5.32 Å². The number of nitrogens with one attached hydrogen (secondary N) is 1. The number of benzene rings is 1. The van der Waals surface area contributed by atoms with Crippen LogP contribution in [0, 0.1) is 0 Å². The van der Waals surface area contributed by atoms with E-state index in [0.717, 1.165) is 35.9 Å². The summed E-state index contributed by atoms with van der Waals surface area (Å²) in [6.07, 6.45) is -0.994. The lowest BCUT2D eigenvalue weighted by Gasteiger charge is -2.34. The number of nitrogens with zero attached hydrogens (tertiary/aromatic N) is 3. The summed E-state index contributed by atoms with van der Waals surface area (Å²) >= 11 is 3.38. The van der Waals surface area contributed by atoms with Gasteiger partial charge in [0.1, 0.15) is 5.82 Å². The largest absolute Gasteiger partial charge is 0.410 e. The van der Waals surface area contributed by atoms with Crippen LogP contribution in [0.5, 0.6) is 0 Å². The van der Waals surface area contributed by atoms with E-state index in [1.54, 1.807) is 29.2 Å². The molecule has 0 radical (unpaired) electrons. The number of aromatic nitrogens is 2. The first-order valence-corrected chi connectivity index (χ1v) is 11.1. The average Bonchev–Trinajstić information content (AvgIpc) is 3.09. The zero-order chi connectivity index (χ0) is 21.5. The van der Waals surface area contributed by atoms with Crippen LogP contribution in [-0.4, -0.2) is 39.4 Å². The van der Waals surface area contributed by atoms with Gasteiger partial charge in [0.2, 0.25) is 0 Å². The fourth-order valence-corrected chi connectivity index (χ4v) is 5.00. The second-order valence-corrected chi connectivity index (χ2v) is 8.71. The zero-order valence-corrected chi connectivity index (χ0v) is 18.2. The van der Waals surface area contributed by atoms with Gasteiger partial charge in [-0.3, -0.25) is 4.79 Å². The lowest BCUT2D eigenvalue weighted by Crippen LogP contribution is -2.43. The number of carbonyl (C=O) groups is 1. The van der Waals surface area contributed by atoms with Gasteiger partial charge in [-0.25, -0.2) is 4.68 Å². The third-order valence-corrected chi connectivity index (χ3v) is 6.81. The number of likely N-dealkylation sites (tertiary alicyclic amines) is 1. The minimum Gasteiger partial charge on any atom is -0.362 e. The SMILES string of the molecule is CC[C@@H]1CCCCN1C(=O)c1nn2c(c1Br)N[C@@H](c1ccccc1)C[C@@H]2C(F)(F)F. The highest BCUT2D eigenvalue weighted by Gasteiger charge is 2.48. The van der Waals surface area contributed by atoms with Crippen LogP contribution in [0.25, 0.3) is 0 Å². The van der Waals surface area contributed by atoms with Crippen molar-refractivity contribution in [1.29, 1.82) is 0 Å². The number of piperidine rings is 1. The Morgan fingerprint density at radius 1 is 1.27 bits per heavy atom. The molecule has 1 aromatic carbocycles. The first kappa shape index (κ1) is 21.2. The van der Waals surface area contributed by atoms with Gasteiger partial charge in [-0.05, 0) is 47.2 Å². The molecular formula is C21H24BrF3N4O. The Bertz CT molecular complexity index is 915. The molecule has 30 heavy (non-hydrogen) atoms. The Kier molecular flexibility index (Phi) is 5.83. The maximum Gasteiger partial charge on any atom is 0.410 e. The number of fused-ring (bicyclic) bond motifs is 1. The Balaban J connectivity index is 1.72. The second kappa shape index (κ2) is 8.24. The fourth-order valence-electron chi connectivity index (χ4n) is 4.46. The molecule has 0 aliphatic carbocycles. The number of hydrogen-bond donors (Lipinski definition) is 1. The molecule has 1 saturated heterocycles. The molecule has 162 valence electrons. The predicted octanol–water partition coefficient (Wildman–Crippen LogP) is 5.71. The van der Waals surface area contributed by atoms with Crippen molar-refractivity contribution in [3.05, 3.63) is 46.1 Å². The maximum absolute atomic E-state index is 13.9. The minimum absolute atomic E-state index is 0.0424. The van der Waals surface area contributed by atoms with E-state index in [-0.39, 0.29) is 29.9 Å². The number of halogens is 4. The van der Waals surface area contributed by atoms with Gasteiger partial charge in [0.15, 0.2) is 11.7 Å². The Morgan fingerprint density at radius 3 is 2.67 bits per heavy atom. The number of alkyl halides is 3. The van der Waals surface area contributed by atoms with Crippen molar-refractivity contribution in [3.63, 3.8) is 0 Å². The van der Waals surface area contributed by atoms with Gasteiger partial charge in [0.05, 0.1) is 10.5 Å². The van der Waals surface area contributed by atoms with E-state index in [9.17, 15) is 18.0 Å². The summed E-state index contributed by atoms with van der Waals surface area (Å²) in [7, 11) is 0. The van der Waals surface area contributed by atoms with E-state index in [2.05, 4.69) is 26.3 Å². The Hall–Kier alpha value is -2.03. The summed E-state index contributed by atoms with van der Waals surface area (Å²) < 4.78 is 43.0. The highest BCUT2D eigenvalue weighted by Crippen LogP contribution is 2.46. The van der Waals surface area contributed by atoms with Crippen molar-refractivity contribution in [2.75, 3.05) is 11.9 Å². The van der Waals surface area contributed by atoms with Crippen LogP contribution in [-0.2, 0) is 0 Å². The first-order valence-electron chi connectivity index (χ1n) is 10.3. The summed E-state index contributed by atoms with van der Waals surface area (Å²) in [5, 5.41) is 7.34. The molecule has 3 atom stereocenters. The molecule has 5 nitrogen and oxygen atoms in total. The standard InChI is InChI=1S/C21H24BrF3N4O/c1-2-14-10-6-7-11-28(14)20(30)18-17(22)19-26-15(13-8-4-3-5-9-13)12-16(21(23,24)25)29(19)27-18/h3-5,8-9,14-16,26H,2,6-7,10-12H2,1H3/t14-,15-,16-/m1/s1. The highest BCUT2D eigenvalue weighted by molar-refractivity contribution is 9.10. The number of anilines is 1. The molecular weight excluding hydrogens is 461 g/mol. The van der Waals surface area contributed by atoms with Crippen LogP contribution in [0.1, 0.15) is 67.2 Å². The molecule has 2 aliphatic heterocycles. The van der Waals surface area contributed by atoms with Crippen LogP contribution >= 0.6 is 15.9 Å². The van der Waals surface area contributed by atoms with Crippen molar-refractivity contribution < 1.29 is 18.0 Å². The van der Waals surface area contributed by atoms with Crippen molar-refractivity contribution in [3.8, 4) is 0 Å². The zero-order valence-electron chi connectivity index (χ0n) is 16.6. The number of amides is 1.